The van der Waals surface area contributed by atoms with Crippen LogP contribution in [0.2, 0.25) is 0 Å². The van der Waals surface area contributed by atoms with E-state index >= 15 is 0 Å². The van der Waals surface area contributed by atoms with Crippen LogP contribution in [-0.4, -0.2) is 51.9 Å². The van der Waals surface area contributed by atoms with E-state index in [0.29, 0.717) is 5.69 Å². The van der Waals surface area contributed by atoms with Gasteiger partial charge in [0.25, 0.3) is 0 Å². The zero-order valence-corrected chi connectivity index (χ0v) is 17.6. The number of nitrogens with two attached hydrogens (primary N) is 1. The molecule has 152 valence electrons. The van der Waals surface area contributed by atoms with Crippen molar-refractivity contribution < 1.29 is 24.3 Å². The number of oxime groups is 1. The summed E-state index contributed by atoms with van der Waals surface area (Å²) in [6, 6.07) is 0. The molecule has 27 heavy (non-hydrogen) atoms. The Labute approximate surface area is 163 Å². The number of hydrogen-bond donors (Lipinski definition) is 2. The third-order valence-electron chi connectivity index (χ3n) is 3.45. The summed E-state index contributed by atoms with van der Waals surface area (Å²) < 4.78 is 5.32. The number of hydrogen-bond acceptors (Lipinski definition) is 9. The number of rotatable bonds is 9. The zero-order valence-electron chi connectivity index (χ0n) is 16.7. The minimum absolute atomic E-state index is 0.00136. The van der Waals surface area contributed by atoms with E-state index in [4.69, 9.17) is 15.3 Å². The van der Waals surface area contributed by atoms with Gasteiger partial charge in [-0.3, -0.25) is 4.79 Å². The first-order chi connectivity index (χ1) is 12.4. The van der Waals surface area contributed by atoms with Gasteiger partial charge >= 0.3 is 5.97 Å². The minimum atomic E-state index is -1.39. The molecule has 0 amide bonds. The van der Waals surface area contributed by atoms with E-state index in [0.717, 1.165) is 5.01 Å². The highest BCUT2D eigenvalue weighted by molar-refractivity contribution is 7.09. The van der Waals surface area contributed by atoms with E-state index in [9.17, 15) is 14.7 Å². The molecule has 1 heterocycles. The number of thiazole rings is 1. The van der Waals surface area contributed by atoms with Gasteiger partial charge in [0.2, 0.25) is 5.60 Å². The maximum atomic E-state index is 12.7. The average molecular weight is 400 g/mol. The highest BCUT2D eigenvalue weighted by Gasteiger charge is 2.36. The molecule has 1 aromatic rings. The molecule has 0 aliphatic carbocycles. The maximum Gasteiger partial charge on any atom is 0.353 e. The van der Waals surface area contributed by atoms with Crippen molar-refractivity contribution in [1.29, 1.82) is 0 Å². The largest absolute Gasteiger partial charge is 0.457 e. The molecule has 1 rings (SSSR count). The van der Waals surface area contributed by atoms with Gasteiger partial charge in [0.15, 0.2) is 11.5 Å². The second-order valence-electron chi connectivity index (χ2n) is 7.71. The fourth-order valence-corrected chi connectivity index (χ4v) is 2.49. The van der Waals surface area contributed by atoms with Gasteiger partial charge in [0.05, 0.1) is 5.01 Å². The molecule has 1 aromatic heterocycles. The molecule has 0 radical (unpaired) electrons. The summed E-state index contributed by atoms with van der Waals surface area (Å²) in [5, 5.41) is 15.7. The highest BCUT2D eigenvalue weighted by atomic mass is 32.1. The maximum absolute atomic E-state index is 12.7. The molecule has 0 bridgehead atoms. The van der Waals surface area contributed by atoms with Crippen molar-refractivity contribution in [3.63, 3.8) is 0 Å². The van der Waals surface area contributed by atoms with Gasteiger partial charge in [0, 0.05) is 24.3 Å². The van der Waals surface area contributed by atoms with Crippen LogP contribution in [0.3, 0.4) is 0 Å². The smallest absolute Gasteiger partial charge is 0.353 e. The van der Waals surface area contributed by atoms with Crippen molar-refractivity contribution >= 4 is 28.8 Å². The summed E-state index contributed by atoms with van der Waals surface area (Å²) >= 11 is 1.36. The Kier molecular flexibility index (Phi) is 8.06. The highest BCUT2D eigenvalue weighted by Crippen LogP contribution is 2.19. The van der Waals surface area contributed by atoms with Crippen LogP contribution in [0, 0.1) is 12.8 Å². The fraction of sp³-hybridized carbons (Fsp3) is 0.667. The number of esters is 1. The first-order valence-corrected chi connectivity index (χ1v) is 9.53. The number of carbonyl (C=O) groups is 2. The number of carbonyl (C=O) groups excluding carboxylic acids is 2. The lowest BCUT2D eigenvalue weighted by Gasteiger charge is -2.26. The molecular weight excluding hydrogens is 370 g/mol. The van der Waals surface area contributed by atoms with Crippen LogP contribution in [0.4, 0.5) is 0 Å². The van der Waals surface area contributed by atoms with Crippen molar-refractivity contribution in [1.82, 2.24) is 4.98 Å². The molecule has 0 unspecified atom stereocenters. The summed E-state index contributed by atoms with van der Waals surface area (Å²) in [4.78, 5) is 34.6. The molecule has 0 saturated heterocycles. The number of aliphatic hydroxyl groups excluding tert-OH is 1. The van der Waals surface area contributed by atoms with Crippen molar-refractivity contribution in [3.8, 4) is 0 Å². The van der Waals surface area contributed by atoms with E-state index in [-0.39, 0.29) is 37.0 Å². The first kappa shape index (κ1) is 23.2. The van der Waals surface area contributed by atoms with Crippen LogP contribution in [0.5, 0.6) is 0 Å². The number of nitrogens with zero attached hydrogens (tertiary/aromatic N) is 2. The lowest BCUT2D eigenvalue weighted by molar-refractivity contribution is -0.179. The van der Waals surface area contributed by atoms with Crippen molar-refractivity contribution in [3.05, 3.63) is 16.1 Å². The zero-order chi connectivity index (χ0) is 20.8. The fourth-order valence-electron chi connectivity index (χ4n) is 1.89. The molecular formula is C18H29N3O5S. The Morgan fingerprint density at radius 3 is 2.41 bits per heavy atom. The number of aliphatic hydroxyl groups is 1. The molecule has 0 spiro atoms. The second kappa shape index (κ2) is 9.38. The molecule has 0 fully saturated rings. The third kappa shape index (κ3) is 7.36. The van der Waals surface area contributed by atoms with Crippen LogP contribution in [0.15, 0.2) is 10.5 Å². The molecule has 8 nitrogen and oxygen atoms in total. The standard InChI is InChI=1S/C18H29N3O5S/c1-11-20-13(10-27-11)15(14(23)7-12(8-19)9-22)21-26-18(5,6)16(24)25-17(2,3)4/h10,12,22H,7-9,19H2,1-6H3/b21-15-/t12-/m1/s1. The van der Waals surface area contributed by atoms with Crippen LogP contribution in [-0.2, 0) is 19.2 Å². The number of ether oxygens (including phenoxy) is 1. The van der Waals surface area contributed by atoms with Crippen LogP contribution in [0.25, 0.3) is 0 Å². The van der Waals surface area contributed by atoms with Gasteiger partial charge < -0.3 is 20.4 Å². The Morgan fingerprint density at radius 1 is 1.33 bits per heavy atom. The third-order valence-corrected chi connectivity index (χ3v) is 4.22. The topological polar surface area (TPSA) is 124 Å². The number of aromatic nitrogens is 1. The van der Waals surface area contributed by atoms with Gasteiger partial charge in [0.1, 0.15) is 11.3 Å². The number of ketones is 1. The summed E-state index contributed by atoms with van der Waals surface area (Å²) in [7, 11) is 0. The van der Waals surface area contributed by atoms with Gasteiger partial charge in [-0.15, -0.1) is 11.3 Å². The van der Waals surface area contributed by atoms with Crippen LogP contribution < -0.4 is 5.73 Å². The van der Waals surface area contributed by atoms with E-state index in [1.807, 2.05) is 0 Å². The molecule has 0 saturated carbocycles. The second-order valence-corrected chi connectivity index (χ2v) is 8.77. The predicted molar refractivity (Wildman–Crippen MR) is 104 cm³/mol. The predicted octanol–water partition coefficient (Wildman–Crippen LogP) is 1.82. The van der Waals surface area contributed by atoms with Crippen molar-refractivity contribution in [2.24, 2.45) is 16.8 Å². The average Bonchev–Trinajstić information content (AvgIpc) is 2.97. The molecule has 9 heteroatoms. The van der Waals surface area contributed by atoms with Crippen LogP contribution >= 0.6 is 11.3 Å². The number of Topliss-reactive ketones (excluding diaryl/α,β-unsaturated/α-hetero) is 1. The minimum Gasteiger partial charge on any atom is -0.457 e. The van der Waals surface area contributed by atoms with E-state index < -0.39 is 17.2 Å². The first-order valence-electron chi connectivity index (χ1n) is 8.66. The van der Waals surface area contributed by atoms with E-state index in [1.54, 1.807) is 33.1 Å². The van der Waals surface area contributed by atoms with Crippen molar-refractivity contribution in [2.45, 2.75) is 59.2 Å². The SMILES string of the molecule is Cc1nc(/C(=N/OC(C)(C)C(=O)OC(C)(C)C)C(=O)C[C@H](CN)CO)cs1. The normalized spacial score (nSPS) is 14.0. The Morgan fingerprint density at radius 2 is 1.96 bits per heavy atom. The summed E-state index contributed by atoms with van der Waals surface area (Å²) in [5.41, 5.74) is 3.83. The lowest BCUT2D eigenvalue weighted by Crippen LogP contribution is -2.40. The Hall–Kier alpha value is -1.84. The monoisotopic (exact) mass is 399 g/mol. The quantitative estimate of drug-likeness (QED) is 0.369. The van der Waals surface area contributed by atoms with Crippen LogP contribution in [0.1, 0.15) is 51.7 Å². The molecule has 0 aliphatic heterocycles. The summed E-state index contributed by atoms with van der Waals surface area (Å²) in [5.74, 6) is -1.36. The lowest BCUT2D eigenvalue weighted by atomic mass is 10.00. The number of aryl methyl sites for hydroxylation is 1. The summed E-state index contributed by atoms with van der Waals surface area (Å²) in [6.45, 7) is 10.0. The molecule has 3 N–H and O–H groups in total. The summed E-state index contributed by atoms with van der Waals surface area (Å²) in [6.07, 6.45) is -0.00136. The molecule has 0 aromatic carbocycles. The van der Waals surface area contributed by atoms with E-state index in [2.05, 4.69) is 10.1 Å². The Bertz CT molecular complexity index is 687. The molecule has 0 aliphatic rings. The van der Waals surface area contributed by atoms with Gasteiger partial charge in [-0.25, -0.2) is 9.78 Å². The Balaban J connectivity index is 3.08. The van der Waals surface area contributed by atoms with Gasteiger partial charge in [-0.1, -0.05) is 5.16 Å². The van der Waals surface area contributed by atoms with Crippen molar-refractivity contribution in [2.75, 3.05) is 13.2 Å². The van der Waals surface area contributed by atoms with Gasteiger partial charge in [-0.2, -0.15) is 0 Å². The molecule has 1 atom stereocenters. The van der Waals surface area contributed by atoms with E-state index in [1.165, 1.54) is 25.2 Å². The van der Waals surface area contributed by atoms with Gasteiger partial charge in [-0.05, 0) is 48.1 Å².